The number of nitrogens with zero attached hydrogens (tertiary/aromatic N) is 1. The third kappa shape index (κ3) is 6.00. The van der Waals surface area contributed by atoms with Gasteiger partial charge in [0, 0.05) is 6.54 Å². The van der Waals surface area contributed by atoms with Gasteiger partial charge in [0.2, 0.25) is 0 Å². The van der Waals surface area contributed by atoms with E-state index in [-0.39, 0.29) is 5.92 Å². The Bertz CT molecular complexity index is 864. The molecule has 0 atom stereocenters. The van der Waals surface area contributed by atoms with Gasteiger partial charge in [0.25, 0.3) is 0 Å². The van der Waals surface area contributed by atoms with Crippen LogP contribution in [-0.4, -0.2) is 35.2 Å². The van der Waals surface area contributed by atoms with Crippen LogP contribution >= 0.6 is 0 Å². The Kier molecular flexibility index (Phi) is 7.49. The van der Waals surface area contributed by atoms with E-state index in [4.69, 9.17) is 4.74 Å². The lowest BCUT2D eigenvalue weighted by molar-refractivity contribution is -0.143. The van der Waals surface area contributed by atoms with Crippen LogP contribution in [0, 0.1) is 11.8 Å². The van der Waals surface area contributed by atoms with Crippen LogP contribution in [0.2, 0.25) is 0 Å². The fourth-order valence-corrected chi connectivity index (χ4v) is 5.26. The van der Waals surface area contributed by atoms with Gasteiger partial charge in [-0.05, 0) is 92.1 Å². The zero-order valence-electron chi connectivity index (χ0n) is 18.9. The summed E-state index contributed by atoms with van der Waals surface area (Å²) >= 11 is 0. The molecule has 0 spiro atoms. The van der Waals surface area contributed by atoms with Gasteiger partial charge in [0.05, 0.1) is 12.0 Å². The fraction of sp³-hybridized carbons (Fsp3) is 0.593. The Balaban J connectivity index is 1.31. The molecule has 168 valence electrons. The van der Waals surface area contributed by atoms with E-state index < -0.39 is 5.97 Å². The normalized spacial score (nSPS) is 23.1. The number of ether oxygens (including phenoxy) is 1. The summed E-state index contributed by atoms with van der Waals surface area (Å²) in [5, 5.41) is 11.6. The molecule has 0 aromatic heterocycles. The van der Waals surface area contributed by atoms with Crippen molar-refractivity contribution in [3.63, 3.8) is 0 Å². The summed E-state index contributed by atoms with van der Waals surface area (Å²) in [7, 11) is 0. The van der Waals surface area contributed by atoms with Crippen molar-refractivity contribution in [2.45, 2.75) is 77.4 Å². The molecule has 0 amide bonds. The van der Waals surface area contributed by atoms with Crippen molar-refractivity contribution < 1.29 is 14.6 Å². The van der Waals surface area contributed by atoms with Crippen molar-refractivity contribution >= 4 is 16.7 Å². The molecule has 4 rings (SSSR count). The number of carboxylic acids is 1. The van der Waals surface area contributed by atoms with Gasteiger partial charge < -0.3 is 9.84 Å². The second kappa shape index (κ2) is 10.5. The first-order chi connectivity index (χ1) is 15.1. The third-order valence-corrected chi connectivity index (χ3v) is 7.28. The smallest absolute Gasteiger partial charge is 0.306 e. The highest BCUT2D eigenvalue weighted by Crippen LogP contribution is 2.32. The van der Waals surface area contributed by atoms with Gasteiger partial charge in [-0.25, -0.2) is 0 Å². The molecule has 2 aromatic carbocycles. The van der Waals surface area contributed by atoms with E-state index in [1.807, 2.05) is 0 Å². The van der Waals surface area contributed by atoms with E-state index in [0.29, 0.717) is 6.10 Å². The van der Waals surface area contributed by atoms with Crippen molar-refractivity contribution in [1.29, 1.82) is 0 Å². The zero-order valence-corrected chi connectivity index (χ0v) is 18.9. The number of piperidine rings is 1. The molecule has 4 heteroatoms. The van der Waals surface area contributed by atoms with E-state index in [9.17, 15) is 9.90 Å². The molecule has 0 bridgehead atoms. The minimum atomic E-state index is -0.645. The summed E-state index contributed by atoms with van der Waals surface area (Å²) in [5.41, 5.74) is 1.29. The summed E-state index contributed by atoms with van der Waals surface area (Å²) < 4.78 is 6.34. The lowest BCUT2D eigenvalue weighted by Crippen LogP contribution is -2.35. The van der Waals surface area contributed by atoms with E-state index in [1.54, 1.807) is 0 Å². The Labute approximate surface area is 186 Å². The Morgan fingerprint density at radius 3 is 2.42 bits per heavy atom. The number of rotatable bonds is 8. The van der Waals surface area contributed by atoms with Gasteiger partial charge in [0.15, 0.2) is 0 Å². The average Bonchev–Trinajstić information content (AvgIpc) is 2.79. The number of benzene rings is 2. The van der Waals surface area contributed by atoms with Gasteiger partial charge in [-0.2, -0.15) is 0 Å². The molecule has 1 heterocycles. The van der Waals surface area contributed by atoms with Gasteiger partial charge >= 0.3 is 5.97 Å². The van der Waals surface area contributed by atoms with Gasteiger partial charge in [-0.1, -0.05) is 44.4 Å². The van der Waals surface area contributed by atoms with Crippen LogP contribution in [-0.2, 0) is 11.3 Å². The second-order valence-electron chi connectivity index (χ2n) is 9.63. The van der Waals surface area contributed by atoms with Crippen LogP contribution in [0.15, 0.2) is 36.4 Å². The monoisotopic (exact) mass is 423 g/mol. The van der Waals surface area contributed by atoms with Crippen LogP contribution in [0.1, 0.15) is 70.3 Å². The maximum absolute atomic E-state index is 11.1. The number of unbranched alkanes of at least 4 members (excludes halogenated alkanes) is 1. The quantitative estimate of drug-likeness (QED) is 0.544. The predicted octanol–water partition coefficient (Wildman–Crippen LogP) is 6.26. The SMILES string of the molecule is CCCCC1CCC(Oc2ccc3cc(CN4CCC(C(=O)O)CC4)ccc3c2)CC1. The number of hydrogen-bond acceptors (Lipinski definition) is 3. The van der Waals surface area contributed by atoms with E-state index in [2.05, 4.69) is 48.2 Å². The molecule has 31 heavy (non-hydrogen) atoms. The molecule has 2 aliphatic rings. The summed E-state index contributed by atoms with van der Waals surface area (Å²) in [6, 6.07) is 13.1. The standard InChI is InChI=1S/C27H37NO3/c1-2-3-4-20-6-10-25(11-7-20)31-26-12-9-23-17-21(5-8-24(23)18-26)19-28-15-13-22(14-16-28)27(29)30/h5,8-9,12,17-18,20,22,25H,2-4,6-7,10-11,13-16,19H2,1H3,(H,29,30). The number of carbonyl (C=O) groups is 1. The largest absolute Gasteiger partial charge is 0.490 e. The molecule has 2 fully saturated rings. The molecule has 1 N–H and O–H groups in total. The molecule has 1 aliphatic heterocycles. The maximum Gasteiger partial charge on any atom is 0.306 e. The summed E-state index contributed by atoms with van der Waals surface area (Å²) in [5.74, 6) is 1.09. The third-order valence-electron chi connectivity index (χ3n) is 7.28. The Morgan fingerprint density at radius 2 is 1.71 bits per heavy atom. The molecule has 2 aromatic rings. The van der Waals surface area contributed by atoms with Gasteiger partial charge in [0.1, 0.15) is 5.75 Å². The topological polar surface area (TPSA) is 49.8 Å². The second-order valence-corrected chi connectivity index (χ2v) is 9.63. The average molecular weight is 424 g/mol. The number of hydrogen-bond donors (Lipinski definition) is 1. The number of carboxylic acid groups (broad SMARTS) is 1. The molecular weight excluding hydrogens is 386 g/mol. The van der Waals surface area contributed by atoms with E-state index >= 15 is 0 Å². The number of likely N-dealkylation sites (tertiary alicyclic amines) is 1. The lowest BCUT2D eigenvalue weighted by Gasteiger charge is -2.30. The molecule has 1 saturated carbocycles. The molecule has 0 unspecified atom stereocenters. The van der Waals surface area contributed by atoms with E-state index in [1.165, 1.54) is 61.3 Å². The number of fused-ring (bicyclic) bond motifs is 1. The summed E-state index contributed by atoms with van der Waals surface area (Å²) in [6.45, 7) is 4.90. The molecule has 1 aliphatic carbocycles. The lowest BCUT2D eigenvalue weighted by atomic mass is 9.84. The first-order valence-electron chi connectivity index (χ1n) is 12.2. The minimum absolute atomic E-state index is 0.169. The molecule has 1 saturated heterocycles. The highest BCUT2D eigenvalue weighted by Gasteiger charge is 2.24. The first-order valence-corrected chi connectivity index (χ1v) is 12.2. The van der Waals surface area contributed by atoms with Crippen molar-refractivity contribution in [2.24, 2.45) is 11.8 Å². The van der Waals surface area contributed by atoms with Crippen LogP contribution in [0.3, 0.4) is 0 Å². The van der Waals surface area contributed by atoms with Crippen LogP contribution in [0.5, 0.6) is 5.75 Å². The predicted molar refractivity (Wildman–Crippen MR) is 125 cm³/mol. The van der Waals surface area contributed by atoms with Crippen molar-refractivity contribution in [1.82, 2.24) is 4.90 Å². The van der Waals surface area contributed by atoms with E-state index in [0.717, 1.165) is 44.1 Å². The van der Waals surface area contributed by atoms with Crippen LogP contribution < -0.4 is 4.74 Å². The fourth-order valence-electron chi connectivity index (χ4n) is 5.26. The Morgan fingerprint density at radius 1 is 1.00 bits per heavy atom. The Hall–Kier alpha value is -2.07. The molecular formula is C27H37NO3. The minimum Gasteiger partial charge on any atom is -0.490 e. The summed E-state index contributed by atoms with van der Waals surface area (Å²) in [6.07, 6.45) is 10.9. The van der Waals surface area contributed by atoms with Crippen LogP contribution in [0.4, 0.5) is 0 Å². The summed E-state index contributed by atoms with van der Waals surface area (Å²) in [4.78, 5) is 13.5. The van der Waals surface area contributed by atoms with Crippen molar-refractivity contribution in [2.75, 3.05) is 13.1 Å². The van der Waals surface area contributed by atoms with Gasteiger partial charge in [-0.15, -0.1) is 0 Å². The zero-order chi connectivity index (χ0) is 21.6. The number of aliphatic carboxylic acids is 1. The molecule has 0 radical (unpaired) electrons. The highest BCUT2D eigenvalue weighted by molar-refractivity contribution is 5.84. The highest BCUT2D eigenvalue weighted by atomic mass is 16.5. The first kappa shape index (κ1) is 22.1. The molecule has 4 nitrogen and oxygen atoms in total. The van der Waals surface area contributed by atoms with Crippen molar-refractivity contribution in [3.05, 3.63) is 42.0 Å². The maximum atomic E-state index is 11.1. The van der Waals surface area contributed by atoms with Gasteiger partial charge in [-0.3, -0.25) is 9.69 Å². The van der Waals surface area contributed by atoms with Crippen LogP contribution in [0.25, 0.3) is 10.8 Å². The van der Waals surface area contributed by atoms with Crippen molar-refractivity contribution in [3.8, 4) is 5.75 Å².